The molecule has 1 atom stereocenters. The summed E-state index contributed by atoms with van der Waals surface area (Å²) in [6, 6.07) is 4.57. The molecule has 0 saturated heterocycles. The van der Waals surface area contributed by atoms with E-state index in [0.717, 1.165) is 0 Å². The normalized spacial score (nSPS) is 12.7. The zero-order valence-electron chi connectivity index (χ0n) is 12.6. The summed E-state index contributed by atoms with van der Waals surface area (Å²) in [5.41, 5.74) is -0.587. The molecule has 1 unspecified atom stereocenters. The van der Waals surface area contributed by atoms with Gasteiger partial charge in [-0.1, -0.05) is 6.08 Å². The lowest BCUT2D eigenvalue weighted by molar-refractivity contribution is 0.0754. The first kappa shape index (κ1) is 16.9. The zero-order valence-corrected chi connectivity index (χ0v) is 12.6. The Morgan fingerprint density at radius 1 is 1.39 bits per heavy atom. The first-order valence-corrected chi connectivity index (χ1v) is 7.06. The third-order valence-electron chi connectivity index (χ3n) is 3.06. The highest BCUT2D eigenvalue weighted by atomic mass is 16.5. The van der Waals surface area contributed by atoms with Crippen LogP contribution in [0.25, 0.3) is 11.0 Å². The SMILES string of the molecule is CC=COc1c(O)c2cc(OCCC(O)CO)ccc2oc1=O. The van der Waals surface area contributed by atoms with Crippen molar-refractivity contribution in [3.63, 3.8) is 0 Å². The first-order valence-electron chi connectivity index (χ1n) is 7.06. The number of fused-ring (bicyclic) bond motifs is 1. The van der Waals surface area contributed by atoms with E-state index in [1.54, 1.807) is 19.1 Å². The van der Waals surface area contributed by atoms with E-state index < -0.39 is 11.7 Å². The van der Waals surface area contributed by atoms with Gasteiger partial charge in [0.1, 0.15) is 11.3 Å². The van der Waals surface area contributed by atoms with E-state index in [0.29, 0.717) is 5.75 Å². The molecule has 0 aliphatic carbocycles. The number of benzene rings is 1. The highest BCUT2D eigenvalue weighted by Gasteiger charge is 2.15. The largest absolute Gasteiger partial charge is 0.504 e. The molecule has 1 aromatic carbocycles. The van der Waals surface area contributed by atoms with E-state index in [9.17, 15) is 15.0 Å². The number of aliphatic hydroxyl groups is 2. The molecule has 7 heteroatoms. The number of rotatable bonds is 7. The zero-order chi connectivity index (χ0) is 16.8. The molecule has 0 fully saturated rings. The molecule has 7 nitrogen and oxygen atoms in total. The predicted molar refractivity (Wildman–Crippen MR) is 82.8 cm³/mol. The van der Waals surface area contributed by atoms with Crippen LogP contribution in [0.15, 0.2) is 39.7 Å². The fourth-order valence-corrected chi connectivity index (χ4v) is 1.88. The van der Waals surface area contributed by atoms with E-state index in [-0.39, 0.29) is 42.1 Å². The van der Waals surface area contributed by atoms with Gasteiger partial charge in [0.15, 0.2) is 5.75 Å². The molecule has 2 rings (SSSR count). The van der Waals surface area contributed by atoms with Gasteiger partial charge in [-0.2, -0.15) is 0 Å². The molecule has 124 valence electrons. The summed E-state index contributed by atoms with van der Waals surface area (Å²) in [7, 11) is 0. The average molecular weight is 322 g/mol. The minimum Gasteiger partial charge on any atom is -0.504 e. The van der Waals surface area contributed by atoms with E-state index in [2.05, 4.69) is 0 Å². The van der Waals surface area contributed by atoms with Crippen molar-refractivity contribution in [2.75, 3.05) is 13.2 Å². The van der Waals surface area contributed by atoms with Crippen LogP contribution in [0.2, 0.25) is 0 Å². The molecular weight excluding hydrogens is 304 g/mol. The summed E-state index contributed by atoms with van der Waals surface area (Å²) in [6.07, 6.45) is 2.24. The Bertz CT molecular complexity index is 748. The summed E-state index contributed by atoms with van der Waals surface area (Å²) in [4.78, 5) is 11.8. The maximum atomic E-state index is 11.8. The average Bonchev–Trinajstić information content (AvgIpc) is 2.55. The minimum atomic E-state index is -0.845. The van der Waals surface area contributed by atoms with Gasteiger partial charge in [0.25, 0.3) is 5.75 Å². The number of aromatic hydroxyl groups is 1. The van der Waals surface area contributed by atoms with Gasteiger partial charge in [-0.15, -0.1) is 0 Å². The molecule has 0 amide bonds. The Morgan fingerprint density at radius 3 is 2.87 bits per heavy atom. The van der Waals surface area contributed by atoms with Crippen molar-refractivity contribution in [3.05, 3.63) is 41.0 Å². The number of ether oxygens (including phenoxy) is 2. The van der Waals surface area contributed by atoms with Crippen LogP contribution in [0.5, 0.6) is 17.2 Å². The summed E-state index contributed by atoms with van der Waals surface area (Å²) in [5, 5.41) is 28.4. The van der Waals surface area contributed by atoms with Gasteiger partial charge in [0.2, 0.25) is 0 Å². The van der Waals surface area contributed by atoms with Crippen LogP contribution in [-0.4, -0.2) is 34.6 Å². The van der Waals surface area contributed by atoms with E-state index in [1.165, 1.54) is 18.4 Å². The van der Waals surface area contributed by atoms with Crippen molar-refractivity contribution >= 4 is 11.0 Å². The summed E-state index contributed by atoms with van der Waals surface area (Å²) in [5.74, 6) is -0.220. The fourth-order valence-electron chi connectivity index (χ4n) is 1.88. The third kappa shape index (κ3) is 4.02. The topological polar surface area (TPSA) is 109 Å². The van der Waals surface area contributed by atoms with Gasteiger partial charge in [0, 0.05) is 6.42 Å². The Labute approximate surface area is 132 Å². The standard InChI is InChI=1S/C16H18O7/c1-2-6-22-15-14(19)12-8-11(21-7-5-10(18)9-17)3-4-13(12)23-16(15)20/h2-4,6,8,10,17-19H,5,7,9H2,1H3. The van der Waals surface area contributed by atoms with Crippen LogP contribution in [0.4, 0.5) is 0 Å². The summed E-state index contributed by atoms with van der Waals surface area (Å²) >= 11 is 0. The Morgan fingerprint density at radius 2 is 2.17 bits per heavy atom. The van der Waals surface area contributed by atoms with Gasteiger partial charge in [-0.3, -0.25) is 0 Å². The maximum Gasteiger partial charge on any atom is 0.383 e. The molecule has 2 aromatic rings. The molecule has 3 N–H and O–H groups in total. The monoisotopic (exact) mass is 322 g/mol. The van der Waals surface area contributed by atoms with Gasteiger partial charge >= 0.3 is 5.63 Å². The second-order valence-electron chi connectivity index (χ2n) is 4.79. The fraction of sp³-hybridized carbons (Fsp3) is 0.312. The minimum absolute atomic E-state index is 0.187. The lowest BCUT2D eigenvalue weighted by Crippen LogP contribution is -2.15. The molecule has 0 saturated carbocycles. The smallest absolute Gasteiger partial charge is 0.383 e. The van der Waals surface area contributed by atoms with Crippen LogP contribution in [-0.2, 0) is 0 Å². The molecule has 0 spiro atoms. The Balaban J connectivity index is 2.28. The molecule has 1 aromatic heterocycles. The van der Waals surface area contributed by atoms with Gasteiger partial charge < -0.3 is 29.2 Å². The summed E-state index contributed by atoms with van der Waals surface area (Å²) in [6.45, 7) is 1.55. The van der Waals surface area contributed by atoms with Crippen molar-refractivity contribution in [2.24, 2.45) is 0 Å². The summed E-state index contributed by atoms with van der Waals surface area (Å²) < 4.78 is 15.6. The van der Waals surface area contributed by atoms with Crippen molar-refractivity contribution in [2.45, 2.75) is 19.4 Å². The second-order valence-corrected chi connectivity index (χ2v) is 4.79. The highest BCUT2D eigenvalue weighted by Crippen LogP contribution is 2.33. The highest BCUT2D eigenvalue weighted by molar-refractivity contribution is 5.86. The Hall–Kier alpha value is -2.51. The van der Waals surface area contributed by atoms with E-state index in [1.807, 2.05) is 0 Å². The molecule has 0 aliphatic rings. The van der Waals surface area contributed by atoms with Crippen LogP contribution in [0, 0.1) is 0 Å². The lowest BCUT2D eigenvalue weighted by Gasteiger charge is -2.10. The van der Waals surface area contributed by atoms with E-state index in [4.69, 9.17) is 19.0 Å². The molecular formula is C16H18O7. The van der Waals surface area contributed by atoms with E-state index >= 15 is 0 Å². The number of aliphatic hydroxyl groups excluding tert-OH is 2. The third-order valence-corrected chi connectivity index (χ3v) is 3.06. The van der Waals surface area contributed by atoms with Crippen LogP contribution < -0.4 is 15.1 Å². The molecule has 0 bridgehead atoms. The molecule has 1 heterocycles. The first-order chi connectivity index (χ1) is 11.1. The quantitative estimate of drug-likeness (QED) is 0.524. The van der Waals surface area contributed by atoms with Crippen LogP contribution in [0.3, 0.4) is 0 Å². The number of hydrogen-bond donors (Lipinski definition) is 3. The van der Waals surface area contributed by atoms with Crippen molar-refractivity contribution < 1.29 is 29.2 Å². The second kappa shape index (κ2) is 7.66. The van der Waals surface area contributed by atoms with Crippen molar-refractivity contribution in [1.82, 2.24) is 0 Å². The van der Waals surface area contributed by atoms with Crippen molar-refractivity contribution in [1.29, 1.82) is 0 Å². The van der Waals surface area contributed by atoms with Gasteiger partial charge in [-0.05, 0) is 25.1 Å². The van der Waals surface area contributed by atoms with Crippen molar-refractivity contribution in [3.8, 4) is 17.2 Å². The number of hydrogen-bond acceptors (Lipinski definition) is 7. The molecule has 0 radical (unpaired) electrons. The Kier molecular flexibility index (Phi) is 5.61. The molecule has 0 aliphatic heterocycles. The van der Waals surface area contributed by atoms with Crippen LogP contribution >= 0.6 is 0 Å². The van der Waals surface area contributed by atoms with Gasteiger partial charge in [-0.25, -0.2) is 4.79 Å². The predicted octanol–water partition coefficient (Wildman–Crippen LogP) is 1.53. The van der Waals surface area contributed by atoms with Gasteiger partial charge in [0.05, 0.1) is 31.0 Å². The lowest BCUT2D eigenvalue weighted by atomic mass is 10.2. The molecule has 23 heavy (non-hydrogen) atoms. The maximum absolute atomic E-state index is 11.8. The number of allylic oxidation sites excluding steroid dienone is 1. The van der Waals surface area contributed by atoms with Crippen LogP contribution in [0.1, 0.15) is 13.3 Å².